The first-order valence-electron chi connectivity index (χ1n) is 3.25. The van der Waals surface area contributed by atoms with Crippen LogP contribution < -0.4 is 5.46 Å². The Hall–Kier alpha value is -0.835. The number of hydrogen-bond acceptors (Lipinski definition) is 3. The van der Waals surface area contributed by atoms with Crippen LogP contribution in [0.25, 0.3) is 0 Å². The monoisotopic (exact) mass is 184 g/mol. The van der Waals surface area contributed by atoms with E-state index in [1.54, 1.807) is 0 Å². The zero-order valence-corrected chi connectivity index (χ0v) is 6.82. The third kappa shape index (κ3) is 2.07. The minimum atomic E-state index is -1.60. The average molecular weight is 184 g/mol. The van der Waals surface area contributed by atoms with Crippen molar-refractivity contribution in [2.24, 2.45) is 0 Å². The van der Waals surface area contributed by atoms with Crippen LogP contribution in [0.15, 0.2) is 18.2 Å². The second-order valence-electron chi connectivity index (χ2n) is 2.31. The lowest BCUT2D eigenvalue weighted by Crippen LogP contribution is -2.30. The van der Waals surface area contributed by atoms with Gasteiger partial charge in [-0.15, -0.1) is 0 Å². The van der Waals surface area contributed by atoms with E-state index >= 15 is 0 Å². The molecule has 0 fully saturated rings. The zero-order chi connectivity index (χ0) is 9.14. The predicted octanol–water partition coefficient (Wildman–Crippen LogP) is -0.168. The zero-order valence-electron chi connectivity index (χ0n) is 6.07. The molecule has 0 bridgehead atoms. The fourth-order valence-corrected chi connectivity index (χ4v) is 1.10. The molecule has 0 aromatic heterocycles. The number of aldehydes is 1. The molecular formula is C7H6BClO3. The second-order valence-corrected chi connectivity index (χ2v) is 2.75. The average Bonchev–Trinajstić information content (AvgIpc) is 2.03. The SMILES string of the molecule is O=Cc1cc(Cl)cc(B(O)O)c1. The molecule has 0 amide bonds. The highest BCUT2D eigenvalue weighted by Crippen LogP contribution is 2.07. The Kier molecular flexibility index (Phi) is 2.86. The van der Waals surface area contributed by atoms with Gasteiger partial charge in [-0.05, 0) is 17.6 Å². The minimum Gasteiger partial charge on any atom is -0.423 e. The van der Waals surface area contributed by atoms with Gasteiger partial charge < -0.3 is 10.0 Å². The van der Waals surface area contributed by atoms with E-state index in [2.05, 4.69) is 0 Å². The first-order valence-corrected chi connectivity index (χ1v) is 3.63. The molecule has 5 heteroatoms. The Labute approximate surface area is 74.7 Å². The summed E-state index contributed by atoms with van der Waals surface area (Å²) >= 11 is 5.59. The van der Waals surface area contributed by atoms with E-state index in [9.17, 15) is 4.79 Å². The summed E-state index contributed by atoms with van der Waals surface area (Å²) in [7, 11) is -1.60. The lowest BCUT2D eigenvalue weighted by Gasteiger charge is -2.00. The van der Waals surface area contributed by atoms with Gasteiger partial charge in [0.05, 0.1) is 0 Å². The first-order chi connectivity index (χ1) is 5.63. The van der Waals surface area contributed by atoms with Crippen molar-refractivity contribution < 1.29 is 14.8 Å². The summed E-state index contributed by atoms with van der Waals surface area (Å²) in [6.07, 6.45) is 0.595. The molecule has 0 saturated heterocycles. The molecule has 0 unspecified atom stereocenters. The van der Waals surface area contributed by atoms with Gasteiger partial charge in [0.15, 0.2) is 0 Å². The van der Waals surface area contributed by atoms with Crippen LogP contribution in [0.5, 0.6) is 0 Å². The number of carbonyl (C=O) groups is 1. The first kappa shape index (κ1) is 9.25. The van der Waals surface area contributed by atoms with Gasteiger partial charge in [-0.25, -0.2) is 0 Å². The highest BCUT2D eigenvalue weighted by Gasteiger charge is 2.11. The van der Waals surface area contributed by atoms with Gasteiger partial charge in [0.2, 0.25) is 0 Å². The summed E-state index contributed by atoms with van der Waals surface area (Å²) in [5.74, 6) is 0. The topological polar surface area (TPSA) is 57.5 Å². The predicted molar refractivity (Wildman–Crippen MR) is 46.7 cm³/mol. The van der Waals surface area contributed by atoms with E-state index in [1.807, 2.05) is 0 Å². The van der Waals surface area contributed by atoms with Gasteiger partial charge in [-0.1, -0.05) is 17.7 Å². The van der Waals surface area contributed by atoms with Gasteiger partial charge in [0.1, 0.15) is 6.29 Å². The molecule has 0 aliphatic heterocycles. The number of carbonyl (C=O) groups excluding carboxylic acids is 1. The molecule has 62 valence electrons. The number of halogens is 1. The summed E-state index contributed by atoms with van der Waals surface area (Å²) in [6, 6.07) is 4.20. The van der Waals surface area contributed by atoms with E-state index < -0.39 is 7.12 Å². The molecule has 0 atom stereocenters. The quantitative estimate of drug-likeness (QED) is 0.496. The second kappa shape index (κ2) is 3.71. The Morgan fingerprint density at radius 2 is 2.00 bits per heavy atom. The standard InChI is InChI=1S/C7H6BClO3/c9-7-2-5(4-10)1-6(3-7)8(11)12/h1-4,11-12H. The number of rotatable bonds is 2. The molecule has 0 spiro atoms. The van der Waals surface area contributed by atoms with Crippen LogP contribution in [-0.4, -0.2) is 23.5 Å². The molecule has 3 nitrogen and oxygen atoms in total. The molecule has 0 aliphatic carbocycles. The van der Waals surface area contributed by atoms with E-state index in [0.29, 0.717) is 16.9 Å². The maximum absolute atomic E-state index is 10.3. The molecule has 0 saturated carbocycles. The van der Waals surface area contributed by atoms with Crippen LogP contribution >= 0.6 is 11.6 Å². The van der Waals surface area contributed by atoms with Gasteiger partial charge in [0, 0.05) is 10.6 Å². The van der Waals surface area contributed by atoms with Crippen molar-refractivity contribution >= 4 is 30.5 Å². The molecule has 0 radical (unpaired) electrons. The van der Waals surface area contributed by atoms with Gasteiger partial charge >= 0.3 is 7.12 Å². The molecule has 0 aliphatic rings. The lowest BCUT2D eigenvalue weighted by atomic mass is 9.80. The van der Waals surface area contributed by atoms with Crippen molar-refractivity contribution in [1.82, 2.24) is 0 Å². The molecule has 12 heavy (non-hydrogen) atoms. The summed E-state index contributed by atoms with van der Waals surface area (Å²) < 4.78 is 0. The number of benzene rings is 1. The van der Waals surface area contributed by atoms with Crippen LogP contribution in [0.1, 0.15) is 10.4 Å². The molecule has 2 N–H and O–H groups in total. The van der Waals surface area contributed by atoms with Crippen molar-refractivity contribution in [3.63, 3.8) is 0 Å². The fraction of sp³-hybridized carbons (Fsp3) is 0. The minimum absolute atomic E-state index is 0.213. The van der Waals surface area contributed by atoms with Crippen molar-refractivity contribution in [3.8, 4) is 0 Å². The van der Waals surface area contributed by atoms with Gasteiger partial charge in [0.25, 0.3) is 0 Å². The summed E-state index contributed by atoms with van der Waals surface area (Å²) in [6.45, 7) is 0. The Morgan fingerprint density at radius 1 is 1.33 bits per heavy atom. The Bertz CT molecular complexity index is 301. The molecule has 1 rings (SSSR count). The van der Waals surface area contributed by atoms with Crippen LogP contribution in [0, 0.1) is 0 Å². The Morgan fingerprint density at radius 3 is 2.50 bits per heavy atom. The van der Waals surface area contributed by atoms with E-state index in [-0.39, 0.29) is 5.46 Å². The van der Waals surface area contributed by atoms with E-state index in [4.69, 9.17) is 21.6 Å². The molecule has 1 aromatic carbocycles. The maximum Gasteiger partial charge on any atom is 0.488 e. The Balaban J connectivity index is 3.14. The fourth-order valence-electron chi connectivity index (χ4n) is 0.853. The largest absolute Gasteiger partial charge is 0.488 e. The normalized spacial score (nSPS) is 9.58. The highest BCUT2D eigenvalue weighted by molar-refractivity contribution is 6.59. The van der Waals surface area contributed by atoms with Gasteiger partial charge in [-0.2, -0.15) is 0 Å². The molecular weight excluding hydrogens is 178 g/mol. The van der Waals surface area contributed by atoms with Crippen LogP contribution in [-0.2, 0) is 0 Å². The van der Waals surface area contributed by atoms with Crippen LogP contribution in [0.4, 0.5) is 0 Å². The third-order valence-corrected chi connectivity index (χ3v) is 1.59. The van der Waals surface area contributed by atoms with Crippen molar-refractivity contribution in [2.45, 2.75) is 0 Å². The summed E-state index contributed by atoms with van der Waals surface area (Å²) in [5.41, 5.74) is 0.537. The summed E-state index contributed by atoms with van der Waals surface area (Å²) in [4.78, 5) is 10.3. The smallest absolute Gasteiger partial charge is 0.423 e. The van der Waals surface area contributed by atoms with Crippen LogP contribution in [0.2, 0.25) is 5.02 Å². The highest BCUT2D eigenvalue weighted by atomic mass is 35.5. The van der Waals surface area contributed by atoms with Gasteiger partial charge in [-0.3, -0.25) is 4.79 Å². The molecule has 1 aromatic rings. The van der Waals surface area contributed by atoms with Crippen molar-refractivity contribution in [3.05, 3.63) is 28.8 Å². The number of hydrogen-bond donors (Lipinski definition) is 2. The molecule has 0 heterocycles. The summed E-state index contributed by atoms with van der Waals surface area (Å²) in [5, 5.41) is 17.8. The van der Waals surface area contributed by atoms with Crippen molar-refractivity contribution in [1.29, 1.82) is 0 Å². The maximum atomic E-state index is 10.3. The third-order valence-electron chi connectivity index (χ3n) is 1.38. The van der Waals surface area contributed by atoms with E-state index in [1.165, 1.54) is 18.2 Å². The van der Waals surface area contributed by atoms with Crippen LogP contribution in [0.3, 0.4) is 0 Å². The van der Waals surface area contributed by atoms with Crippen molar-refractivity contribution in [2.75, 3.05) is 0 Å². The lowest BCUT2D eigenvalue weighted by molar-refractivity contribution is 0.112. The van der Waals surface area contributed by atoms with E-state index in [0.717, 1.165) is 0 Å².